The molecule has 2 aromatic rings. The molecule has 2 rings (SSSR count). The first-order chi connectivity index (χ1) is 8.63. The van der Waals surface area contributed by atoms with Gasteiger partial charge in [-0.3, -0.25) is 10.1 Å². The van der Waals surface area contributed by atoms with E-state index in [9.17, 15) is 9.18 Å². The third kappa shape index (κ3) is 3.49. The summed E-state index contributed by atoms with van der Waals surface area (Å²) in [4.78, 5) is 15.7. The van der Waals surface area contributed by atoms with Gasteiger partial charge in [0.05, 0.1) is 5.69 Å². The Morgan fingerprint density at radius 3 is 2.72 bits per heavy atom. The lowest BCUT2D eigenvalue weighted by molar-refractivity contribution is -0.111. The van der Waals surface area contributed by atoms with Gasteiger partial charge in [0, 0.05) is 11.5 Å². The predicted octanol–water partition coefficient (Wildman–Crippen LogP) is 3.24. The first kappa shape index (κ1) is 12.4. The fraction of sp³-hybridized carbons (Fsp3) is 0.0769. The Balaban J connectivity index is 1.96. The molecule has 0 saturated heterocycles. The van der Waals surface area contributed by atoms with Crippen LogP contribution in [0.4, 0.5) is 9.52 Å². The molecule has 1 aromatic heterocycles. The number of amides is 1. The topological polar surface area (TPSA) is 42.0 Å². The summed E-state index contributed by atoms with van der Waals surface area (Å²) in [6, 6.07) is 5.91. The number of aryl methyl sites for hydroxylation is 1. The predicted molar refractivity (Wildman–Crippen MR) is 70.9 cm³/mol. The van der Waals surface area contributed by atoms with E-state index in [4.69, 9.17) is 0 Å². The van der Waals surface area contributed by atoms with Crippen LogP contribution in [-0.4, -0.2) is 10.9 Å². The quantitative estimate of drug-likeness (QED) is 0.863. The summed E-state index contributed by atoms with van der Waals surface area (Å²) in [6.07, 6.45) is 3.01. The Labute approximate surface area is 108 Å². The second-order valence-corrected chi connectivity index (χ2v) is 4.53. The second kappa shape index (κ2) is 5.55. The summed E-state index contributed by atoms with van der Waals surface area (Å²) in [6.45, 7) is 1.86. The van der Waals surface area contributed by atoms with Gasteiger partial charge in [-0.1, -0.05) is 12.1 Å². The lowest BCUT2D eigenvalue weighted by Crippen LogP contribution is -2.07. The monoisotopic (exact) mass is 262 g/mol. The van der Waals surface area contributed by atoms with Gasteiger partial charge in [-0.05, 0) is 30.7 Å². The molecule has 92 valence electrons. The summed E-state index contributed by atoms with van der Waals surface area (Å²) in [5.41, 5.74) is 1.64. The van der Waals surface area contributed by atoms with E-state index in [0.29, 0.717) is 5.13 Å². The maximum absolute atomic E-state index is 12.7. The van der Waals surface area contributed by atoms with E-state index >= 15 is 0 Å². The molecule has 0 saturated carbocycles. The zero-order chi connectivity index (χ0) is 13.0. The molecule has 0 radical (unpaired) electrons. The highest BCUT2D eigenvalue weighted by Gasteiger charge is 2.01. The van der Waals surface area contributed by atoms with Crippen molar-refractivity contribution >= 4 is 28.5 Å². The minimum absolute atomic E-state index is 0.256. The van der Waals surface area contributed by atoms with Crippen LogP contribution in [0.1, 0.15) is 11.3 Å². The van der Waals surface area contributed by atoms with Crippen LogP contribution >= 0.6 is 11.3 Å². The number of carbonyl (C=O) groups excluding carboxylic acids is 1. The molecule has 1 aromatic carbocycles. The number of aromatic nitrogens is 1. The van der Waals surface area contributed by atoms with Gasteiger partial charge in [0.2, 0.25) is 5.91 Å². The number of halogens is 1. The van der Waals surface area contributed by atoms with Gasteiger partial charge in [-0.15, -0.1) is 11.3 Å². The minimum Gasteiger partial charge on any atom is -0.298 e. The Morgan fingerprint density at radius 2 is 2.11 bits per heavy atom. The molecule has 1 N–H and O–H groups in total. The van der Waals surface area contributed by atoms with Crippen LogP contribution in [0.2, 0.25) is 0 Å². The van der Waals surface area contributed by atoms with E-state index < -0.39 is 0 Å². The fourth-order valence-electron chi connectivity index (χ4n) is 1.30. The van der Waals surface area contributed by atoms with Crippen molar-refractivity contribution < 1.29 is 9.18 Å². The molecule has 0 aliphatic heterocycles. The zero-order valence-electron chi connectivity index (χ0n) is 9.68. The Kier molecular flexibility index (Phi) is 3.84. The lowest BCUT2D eigenvalue weighted by Gasteiger charge is -1.96. The summed E-state index contributed by atoms with van der Waals surface area (Å²) in [5.74, 6) is -0.552. The summed E-state index contributed by atoms with van der Waals surface area (Å²) < 4.78 is 12.7. The van der Waals surface area contributed by atoms with Crippen LogP contribution in [0.15, 0.2) is 35.7 Å². The highest BCUT2D eigenvalue weighted by molar-refractivity contribution is 7.13. The van der Waals surface area contributed by atoms with E-state index in [0.717, 1.165) is 11.3 Å². The van der Waals surface area contributed by atoms with E-state index in [1.807, 2.05) is 12.3 Å². The number of hydrogen-bond donors (Lipinski definition) is 1. The average Bonchev–Trinajstić information content (AvgIpc) is 2.74. The van der Waals surface area contributed by atoms with E-state index in [-0.39, 0.29) is 11.7 Å². The number of carbonyl (C=O) groups is 1. The molecule has 0 aliphatic rings. The van der Waals surface area contributed by atoms with Crippen LogP contribution in [0, 0.1) is 12.7 Å². The summed E-state index contributed by atoms with van der Waals surface area (Å²) in [5, 5.41) is 5.08. The normalized spacial score (nSPS) is 10.8. The third-order valence-electron chi connectivity index (χ3n) is 2.15. The van der Waals surface area contributed by atoms with Gasteiger partial charge in [-0.25, -0.2) is 9.37 Å². The first-order valence-corrected chi connectivity index (χ1v) is 6.18. The Hall–Kier alpha value is -2.01. The van der Waals surface area contributed by atoms with Gasteiger partial charge >= 0.3 is 0 Å². The smallest absolute Gasteiger partial charge is 0.250 e. The number of anilines is 1. The van der Waals surface area contributed by atoms with E-state index in [2.05, 4.69) is 10.3 Å². The summed E-state index contributed by atoms with van der Waals surface area (Å²) >= 11 is 1.37. The molecule has 0 unspecified atom stereocenters. The minimum atomic E-state index is -0.296. The van der Waals surface area contributed by atoms with Crippen LogP contribution in [-0.2, 0) is 4.79 Å². The van der Waals surface area contributed by atoms with Crippen molar-refractivity contribution in [2.24, 2.45) is 0 Å². The van der Waals surface area contributed by atoms with Crippen molar-refractivity contribution in [3.8, 4) is 0 Å². The number of thiazole rings is 1. The maximum atomic E-state index is 12.7. The van der Waals surface area contributed by atoms with Crippen LogP contribution in [0.3, 0.4) is 0 Å². The molecule has 3 nitrogen and oxygen atoms in total. The van der Waals surface area contributed by atoms with Crippen LogP contribution in [0.25, 0.3) is 6.08 Å². The largest absolute Gasteiger partial charge is 0.298 e. The molecule has 0 atom stereocenters. The van der Waals surface area contributed by atoms with Crippen molar-refractivity contribution in [2.45, 2.75) is 6.92 Å². The Morgan fingerprint density at radius 1 is 1.39 bits per heavy atom. The molecule has 0 spiro atoms. The molecule has 18 heavy (non-hydrogen) atoms. The van der Waals surface area contributed by atoms with Crippen molar-refractivity contribution in [3.05, 3.63) is 52.8 Å². The molecular weight excluding hydrogens is 251 g/mol. The van der Waals surface area contributed by atoms with Crippen molar-refractivity contribution in [1.82, 2.24) is 4.98 Å². The lowest BCUT2D eigenvalue weighted by atomic mass is 10.2. The number of nitrogens with one attached hydrogen (secondary N) is 1. The highest BCUT2D eigenvalue weighted by atomic mass is 32.1. The molecule has 1 amide bonds. The van der Waals surface area contributed by atoms with Gasteiger partial charge in [0.25, 0.3) is 0 Å². The van der Waals surface area contributed by atoms with Crippen LogP contribution in [0.5, 0.6) is 0 Å². The maximum Gasteiger partial charge on any atom is 0.250 e. The third-order valence-corrected chi connectivity index (χ3v) is 3.02. The van der Waals surface area contributed by atoms with Crippen molar-refractivity contribution in [2.75, 3.05) is 5.32 Å². The highest BCUT2D eigenvalue weighted by Crippen LogP contribution is 2.14. The molecule has 5 heteroatoms. The number of nitrogens with zero attached hydrogens (tertiary/aromatic N) is 1. The average molecular weight is 262 g/mol. The SMILES string of the molecule is Cc1csc(NC(=O)C=Cc2ccc(F)cc2)n1. The van der Waals surface area contributed by atoms with Crippen molar-refractivity contribution in [1.29, 1.82) is 0 Å². The standard InChI is InChI=1S/C13H11FN2OS/c1-9-8-18-13(15-9)16-12(17)7-4-10-2-5-11(14)6-3-10/h2-8H,1H3,(H,15,16,17). The number of rotatable bonds is 3. The first-order valence-electron chi connectivity index (χ1n) is 5.30. The molecule has 0 fully saturated rings. The van der Waals surface area contributed by atoms with Gasteiger partial charge in [-0.2, -0.15) is 0 Å². The van der Waals surface area contributed by atoms with Gasteiger partial charge in [0.15, 0.2) is 5.13 Å². The molecular formula is C13H11FN2OS. The van der Waals surface area contributed by atoms with E-state index in [1.165, 1.54) is 29.5 Å². The number of benzene rings is 1. The van der Waals surface area contributed by atoms with Crippen LogP contribution < -0.4 is 5.32 Å². The molecule has 1 heterocycles. The van der Waals surface area contributed by atoms with E-state index in [1.54, 1.807) is 18.2 Å². The zero-order valence-corrected chi connectivity index (χ0v) is 10.5. The van der Waals surface area contributed by atoms with Crippen molar-refractivity contribution in [3.63, 3.8) is 0 Å². The van der Waals surface area contributed by atoms with Gasteiger partial charge in [0.1, 0.15) is 5.82 Å². The fourth-order valence-corrected chi connectivity index (χ4v) is 2.00. The number of hydrogen-bond acceptors (Lipinski definition) is 3. The van der Waals surface area contributed by atoms with Gasteiger partial charge < -0.3 is 0 Å². The Bertz CT molecular complexity index is 575. The molecule has 0 bridgehead atoms. The summed E-state index contributed by atoms with van der Waals surface area (Å²) in [7, 11) is 0. The second-order valence-electron chi connectivity index (χ2n) is 3.67. The molecule has 0 aliphatic carbocycles.